The lowest BCUT2D eigenvalue weighted by Crippen LogP contribution is -2.06. The molecule has 1 aromatic carbocycles. The molecule has 0 unspecified atom stereocenters. The van der Waals surface area contributed by atoms with Gasteiger partial charge in [0.2, 0.25) is 0 Å². The Kier molecular flexibility index (Phi) is 4.44. The second-order valence-electron chi connectivity index (χ2n) is 4.41. The minimum atomic E-state index is 0.407. The Bertz CT molecular complexity index is 700. The maximum Gasteiger partial charge on any atom is 0.135 e. The van der Waals surface area contributed by atoms with Gasteiger partial charge in [-0.1, -0.05) is 29.5 Å². The molecule has 0 N–H and O–H groups in total. The van der Waals surface area contributed by atoms with E-state index in [1.807, 2.05) is 53.2 Å². The lowest BCUT2D eigenvalue weighted by atomic mass is 10.3. The molecule has 0 fully saturated rings. The molecule has 21 heavy (non-hydrogen) atoms. The highest BCUT2D eigenvalue weighted by molar-refractivity contribution is 14.1. The average molecular weight is 392 g/mol. The zero-order valence-electron chi connectivity index (χ0n) is 11.2. The molecule has 0 bridgehead atoms. The van der Waals surface area contributed by atoms with Gasteiger partial charge in [-0.05, 0) is 46.9 Å². The summed E-state index contributed by atoms with van der Waals surface area (Å²) in [6.07, 6.45) is 1.78. The van der Waals surface area contributed by atoms with Gasteiger partial charge < -0.3 is 4.74 Å². The van der Waals surface area contributed by atoms with Crippen molar-refractivity contribution in [1.29, 1.82) is 0 Å². The second kappa shape index (κ2) is 6.66. The normalized spacial score (nSPS) is 10.5. The van der Waals surface area contributed by atoms with Gasteiger partial charge in [-0.15, -0.1) is 5.10 Å². The smallest absolute Gasteiger partial charge is 0.135 e. The van der Waals surface area contributed by atoms with E-state index in [0.717, 1.165) is 20.8 Å². The number of nitrogens with zero attached hydrogens (tertiary/aromatic N) is 4. The highest BCUT2D eigenvalue weighted by Crippen LogP contribution is 2.15. The van der Waals surface area contributed by atoms with Crippen LogP contribution in [-0.4, -0.2) is 20.0 Å². The summed E-state index contributed by atoms with van der Waals surface area (Å²) in [4.78, 5) is 4.29. The van der Waals surface area contributed by atoms with Crippen LogP contribution in [0.25, 0.3) is 0 Å². The Morgan fingerprint density at radius 1 is 1.05 bits per heavy atom. The van der Waals surface area contributed by atoms with E-state index in [2.05, 4.69) is 37.9 Å². The van der Waals surface area contributed by atoms with E-state index in [0.29, 0.717) is 13.2 Å². The lowest BCUT2D eigenvalue weighted by Gasteiger charge is -2.04. The number of para-hydroxylation sites is 1. The average Bonchev–Trinajstić information content (AvgIpc) is 2.88. The minimum absolute atomic E-state index is 0.407. The fourth-order valence-electron chi connectivity index (χ4n) is 1.84. The second-order valence-corrected chi connectivity index (χ2v) is 5.43. The molecule has 2 heterocycles. The summed E-state index contributed by atoms with van der Waals surface area (Å²) < 4.78 is 8.49. The number of hydrogen-bond donors (Lipinski definition) is 0. The van der Waals surface area contributed by atoms with E-state index in [1.165, 1.54) is 0 Å². The van der Waals surface area contributed by atoms with Crippen LogP contribution in [0.5, 0.6) is 5.75 Å². The van der Waals surface area contributed by atoms with Crippen molar-refractivity contribution in [3.05, 3.63) is 69.8 Å². The predicted octanol–water partition coefficient (Wildman–Crippen LogP) is 2.91. The third kappa shape index (κ3) is 3.57. The van der Waals surface area contributed by atoms with Crippen molar-refractivity contribution in [3.63, 3.8) is 0 Å². The number of aromatic nitrogens is 4. The first-order valence-corrected chi connectivity index (χ1v) is 7.56. The van der Waals surface area contributed by atoms with Gasteiger partial charge in [-0.25, -0.2) is 4.68 Å². The van der Waals surface area contributed by atoms with Crippen molar-refractivity contribution in [2.75, 3.05) is 0 Å². The van der Waals surface area contributed by atoms with Crippen LogP contribution in [0.4, 0.5) is 0 Å². The first-order valence-electron chi connectivity index (χ1n) is 6.48. The number of rotatable bonds is 5. The molecule has 5 nitrogen and oxygen atoms in total. The van der Waals surface area contributed by atoms with Gasteiger partial charge in [0.1, 0.15) is 21.8 Å². The number of ether oxygens (including phenoxy) is 1. The fourth-order valence-corrected chi connectivity index (χ4v) is 2.37. The Labute approximate surface area is 136 Å². The van der Waals surface area contributed by atoms with Gasteiger partial charge in [0.25, 0.3) is 0 Å². The van der Waals surface area contributed by atoms with Crippen LogP contribution < -0.4 is 4.74 Å². The molecule has 0 aliphatic rings. The quantitative estimate of drug-likeness (QED) is 0.627. The van der Waals surface area contributed by atoms with Gasteiger partial charge in [0.15, 0.2) is 0 Å². The Hall–Kier alpha value is -1.96. The number of halogens is 1. The third-order valence-corrected chi connectivity index (χ3v) is 4.07. The van der Waals surface area contributed by atoms with Crippen LogP contribution in [0.1, 0.15) is 11.4 Å². The third-order valence-electron chi connectivity index (χ3n) is 2.89. The molecular formula is C15H13IN4O. The zero-order valence-corrected chi connectivity index (χ0v) is 13.3. The first-order chi connectivity index (χ1) is 10.3. The van der Waals surface area contributed by atoms with E-state index in [4.69, 9.17) is 4.74 Å². The fraction of sp³-hybridized carbons (Fsp3) is 0.133. The molecule has 0 amide bonds. The summed E-state index contributed by atoms with van der Waals surface area (Å²) >= 11 is 2.24. The molecule has 0 radical (unpaired) electrons. The van der Waals surface area contributed by atoms with E-state index >= 15 is 0 Å². The SMILES string of the molecule is Ic1c(COc2ccccc2)nnn1Cc1ccccn1. The molecule has 0 spiro atoms. The molecule has 0 aliphatic heterocycles. The number of benzene rings is 1. The highest BCUT2D eigenvalue weighted by Gasteiger charge is 2.11. The summed E-state index contributed by atoms with van der Waals surface area (Å²) in [5.41, 5.74) is 1.78. The van der Waals surface area contributed by atoms with Gasteiger partial charge in [0, 0.05) is 6.20 Å². The summed E-state index contributed by atoms with van der Waals surface area (Å²) in [5.74, 6) is 0.826. The Morgan fingerprint density at radius 2 is 1.86 bits per heavy atom. The summed E-state index contributed by atoms with van der Waals surface area (Å²) in [5, 5.41) is 8.34. The van der Waals surface area contributed by atoms with Crippen molar-refractivity contribution in [2.24, 2.45) is 0 Å². The number of pyridine rings is 1. The van der Waals surface area contributed by atoms with Crippen molar-refractivity contribution >= 4 is 22.6 Å². The van der Waals surface area contributed by atoms with Crippen molar-refractivity contribution in [1.82, 2.24) is 20.0 Å². The molecule has 0 atom stereocenters. The van der Waals surface area contributed by atoms with Crippen molar-refractivity contribution < 1.29 is 4.74 Å². The van der Waals surface area contributed by atoms with Gasteiger partial charge >= 0.3 is 0 Å². The van der Waals surface area contributed by atoms with E-state index in [9.17, 15) is 0 Å². The maximum absolute atomic E-state index is 5.70. The van der Waals surface area contributed by atoms with E-state index in [-0.39, 0.29) is 0 Å². The van der Waals surface area contributed by atoms with Crippen LogP contribution in [0.2, 0.25) is 0 Å². The number of hydrogen-bond acceptors (Lipinski definition) is 4. The first kappa shape index (κ1) is 14.0. The Morgan fingerprint density at radius 3 is 2.62 bits per heavy atom. The molecule has 2 aromatic heterocycles. The van der Waals surface area contributed by atoms with Crippen molar-refractivity contribution in [3.8, 4) is 5.75 Å². The van der Waals surface area contributed by atoms with Crippen LogP contribution in [-0.2, 0) is 13.2 Å². The van der Waals surface area contributed by atoms with Gasteiger partial charge in [-0.3, -0.25) is 4.98 Å². The summed E-state index contributed by atoms with van der Waals surface area (Å²) in [6.45, 7) is 1.02. The van der Waals surface area contributed by atoms with E-state index in [1.54, 1.807) is 6.20 Å². The monoisotopic (exact) mass is 392 g/mol. The summed E-state index contributed by atoms with van der Waals surface area (Å²) in [7, 11) is 0. The highest BCUT2D eigenvalue weighted by atomic mass is 127. The molecule has 0 saturated heterocycles. The molecule has 0 aliphatic carbocycles. The van der Waals surface area contributed by atoms with Crippen LogP contribution >= 0.6 is 22.6 Å². The van der Waals surface area contributed by atoms with Gasteiger partial charge in [0.05, 0.1) is 12.2 Å². The molecule has 106 valence electrons. The summed E-state index contributed by atoms with van der Waals surface area (Å²) in [6, 6.07) is 15.5. The van der Waals surface area contributed by atoms with E-state index < -0.39 is 0 Å². The predicted molar refractivity (Wildman–Crippen MR) is 86.9 cm³/mol. The zero-order chi connectivity index (χ0) is 14.5. The standard InChI is InChI=1S/C15H13IN4O/c16-15-14(11-21-13-7-2-1-3-8-13)18-19-20(15)10-12-6-4-5-9-17-12/h1-9H,10-11H2. The topological polar surface area (TPSA) is 52.8 Å². The van der Waals surface area contributed by atoms with Crippen LogP contribution in [0.3, 0.4) is 0 Å². The van der Waals surface area contributed by atoms with Crippen molar-refractivity contribution in [2.45, 2.75) is 13.2 Å². The molecule has 0 saturated carbocycles. The van der Waals surface area contributed by atoms with Gasteiger partial charge in [-0.2, -0.15) is 0 Å². The largest absolute Gasteiger partial charge is 0.487 e. The van der Waals surface area contributed by atoms with Crippen LogP contribution in [0.15, 0.2) is 54.7 Å². The lowest BCUT2D eigenvalue weighted by molar-refractivity contribution is 0.300. The van der Waals surface area contributed by atoms with Crippen LogP contribution in [0, 0.1) is 3.70 Å². The maximum atomic E-state index is 5.70. The molecule has 3 aromatic rings. The molecule has 3 rings (SSSR count). The molecular weight excluding hydrogens is 379 g/mol. The minimum Gasteiger partial charge on any atom is -0.487 e. The molecule has 6 heteroatoms. The Balaban J connectivity index is 1.68.